The molecular formula is C12H12BrIO. The van der Waals surface area contributed by atoms with Crippen molar-refractivity contribution in [3.63, 3.8) is 0 Å². The monoisotopic (exact) mass is 378 g/mol. The summed E-state index contributed by atoms with van der Waals surface area (Å²) in [6, 6.07) is 12.7. The van der Waals surface area contributed by atoms with Crippen molar-refractivity contribution < 1.29 is 4.42 Å². The molecule has 0 spiro atoms. The molecule has 0 atom stereocenters. The fourth-order valence-electron chi connectivity index (χ4n) is 1.24. The molecule has 15 heavy (non-hydrogen) atoms. The van der Waals surface area contributed by atoms with Crippen LogP contribution in [0.2, 0.25) is 0 Å². The molecule has 0 amide bonds. The van der Waals surface area contributed by atoms with Gasteiger partial charge in [-0.2, -0.15) is 0 Å². The van der Waals surface area contributed by atoms with Crippen LogP contribution < -0.4 is 0 Å². The predicted octanol–water partition coefficient (Wildman–Crippen LogP) is 4.75. The molecule has 0 bridgehead atoms. The average Bonchev–Trinajstić information content (AvgIpc) is 2.59. The summed E-state index contributed by atoms with van der Waals surface area (Å²) >= 11 is 2.34. The van der Waals surface area contributed by atoms with Crippen molar-refractivity contribution in [2.45, 2.75) is 13.8 Å². The molecule has 0 fully saturated rings. The van der Waals surface area contributed by atoms with Crippen LogP contribution in [0.15, 0.2) is 40.8 Å². The fourth-order valence-corrected chi connectivity index (χ4v) is 6.50. The first kappa shape index (κ1) is 11.2. The van der Waals surface area contributed by atoms with Crippen molar-refractivity contribution in [2.24, 2.45) is 0 Å². The molecule has 80 valence electrons. The van der Waals surface area contributed by atoms with Gasteiger partial charge in [-0.3, -0.25) is 0 Å². The van der Waals surface area contributed by atoms with Gasteiger partial charge in [-0.25, -0.2) is 0 Å². The van der Waals surface area contributed by atoms with Gasteiger partial charge in [0, 0.05) is 0 Å². The molecule has 3 heteroatoms. The maximum atomic E-state index is 5.75. The van der Waals surface area contributed by atoms with E-state index in [4.69, 9.17) is 4.42 Å². The summed E-state index contributed by atoms with van der Waals surface area (Å²) < 4.78 is 8.25. The van der Waals surface area contributed by atoms with Gasteiger partial charge in [0.15, 0.2) is 0 Å². The Balaban J connectivity index is 2.32. The molecule has 1 heterocycles. The van der Waals surface area contributed by atoms with Crippen molar-refractivity contribution in [3.8, 4) is 0 Å². The molecule has 0 N–H and O–H groups in total. The Labute approximate surface area is 103 Å². The zero-order valence-electron chi connectivity index (χ0n) is 8.63. The average molecular weight is 379 g/mol. The Morgan fingerprint density at radius 1 is 1.13 bits per heavy atom. The molecule has 0 aliphatic carbocycles. The van der Waals surface area contributed by atoms with Crippen molar-refractivity contribution in [3.05, 3.63) is 55.1 Å². The van der Waals surface area contributed by atoms with E-state index in [1.165, 1.54) is 9.13 Å². The summed E-state index contributed by atoms with van der Waals surface area (Å²) in [5.74, 6) is 1.03. The number of halogens is 2. The first-order valence-corrected chi connectivity index (χ1v) is 11.7. The van der Waals surface area contributed by atoms with Crippen LogP contribution >= 0.6 is 30.3 Å². The fraction of sp³-hybridized carbons (Fsp3) is 0.167. The van der Waals surface area contributed by atoms with Crippen LogP contribution in [-0.4, -0.2) is 0 Å². The van der Waals surface area contributed by atoms with Gasteiger partial charge in [0.2, 0.25) is 0 Å². The van der Waals surface area contributed by atoms with Crippen LogP contribution in [0.4, 0.5) is 0 Å². The molecule has 2 rings (SSSR count). The number of benzene rings is 1. The molecule has 0 aliphatic rings. The SMILES string of the molecule is Cc1cc(I(Br)c2ccccc2)oc1C. The van der Waals surface area contributed by atoms with Gasteiger partial charge in [0.25, 0.3) is 0 Å². The summed E-state index contributed by atoms with van der Waals surface area (Å²) in [5, 5.41) is 0. The second-order valence-electron chi connectivity index (χ2n) is 3.32. The number of hydrogen-bond donors (Lipinski definition) is 0. The Bertz CT molecular complexity index is 430. The van der Waals surface area contributed by atoms with E-state index in [0.29, 0.717) is 0 Å². The van der Waals surface area contributed by atoms with Crippen molar-refractivity contribution in [1.82, 2.24) is 0 Å². The quantitative estimate of drug-likeness (QED) is 0.687. The minimum atomic E-state index is -1.46. The van der Waals surface area contributed by atoms with E-state index in [1.54, 1.807) is 0 Å². The number of hydrogen-bond acceptors (Lipinski definition) is 1. The molecule has 0 radical (unpaired) electrons. The van der Waals surface area contributed by atoms with Gasteiger partial charge in [-0.05, 0) is 0 Å². The van der Waals surface area contributed by atoms with Crippen molar-refractivity contribution in [2.75, 3.05) is 0 Å². The molecule has 0 unspecified atom stereocenters. The first-order valence-electron chi connectivity index (χ1n) is 4.67. The summed E-state index contributed by atoms with van der Waals surface area (Å²) in [5.41, 5.74) is 1.24. The van der Waals surface area contributed by atoms with Crippen LogP contribution in [0.3, 0.4) is 0 Å². The second-order valence-corrected chi connectivity index (χ2v) is 11.0. The van der Waals surface area contributed by atoms with Gasteiger partial charge in [-0.15, -0.1) is 0 Å². The van der Waals surface area contributed by atoms with Crippen LogP contribution in [0, 0.1) is 21.2 Å². The van der Waals surface area contributed by atoms with Crippen LogP contribution in [0.5, 0.6) is 0 Å². The van der Waals surface area contributed by atoms with E-state index in [0.717, 1.165) is 9.53 Å². The summed E-state index contributed by atoms with van der Waals surface area (Å²) in [4.78, 5) is 0. The second kappa shape index (κ2) is 4.70. The van der Waals surface area contributed by atoms with Crippen molar-refractivity contribution >= 4 is 30.3 Å². The molecule has 0 aliphatic heterocycles. The van der Waals surface area contributed by atoms with Crippen molar-refractivity contribution in [1.29, 1.82) is 0 Å². The minimum absolute atomic E-state index is 1.03. The summed E-state index contributed by atoms with van der Waals surface area (Å²) in [6.45, 7) is 4.10. The standard InChI is InChI=1S/C12H12BrIO/c1-9-8-12(15-10(9)2)14(13)11-6-4-3-5-7-11/h3-8H,1-2H3. The normalized spacial score (nSPS) is 11.5. The Kier molecular flexibility index (Phi) is 3.51. The molecular weight excluding hydrogens is 367 g/mol. The van der Waals surface area contributed by atoms with E-state index in [-0.39, 0.29) is 0 Å². The maximum absolute atomic E-state index is 5.75. The van der Waals surface area contributed by atoms with Gasteiger partial charge >= 0.3 is 104 Å². The van der Waals surface area contributed by atoms with Crippen LogP contribution in [-0.2, 0) is 0 Å². The Morgan fingerprint density at radius 3 is 2.33 bits per heavy atom. The molecule has 2 aromatic rings. The zero-order valence-corrected chi connectivity index (χ0v) is 12.4. The van der Waals surface area contributed by atoms with Gasteiger partial charge in [0.1, 0.15) is 0 Å². The number of rotatable bonds is 2. The van der Waals surface area contributed by atoms with Gasteiger partial charge in [-0.1, -0.05) is 0 Å². The van der Waals surface area contributed by atoms with E-state index in [1.807, 2.05) is 13.0 Å². The zero-order chi connectivity index (χ0) is 10.8. The van der Waals surface area contributed by atoms with E-state index in [2.05, 4.69) is 49.9 Å². The third-order valence-electron chi connectivity index (χ3n) is 2.22. The molecule has 0 saturated heterocycles. The van der Waals surface area contributed by atoms with E-state index in [9.17, 15) is 0 Å². The van der Waals surface area contributed by atoms with E-state index < -0.39 is 17.6 Å². The summed E-state index contributed by atoms with van der Waals surface area (Å²) in [7, 11) is 0. The first-order chi connectivity index (χ1) is 7.18. The third-order valence-corrected chi connectivity index (χ3v) is 9.81. The number of furan rings is 1. The van der Waals surface area contributed by atoms with Gasteiger partial charge < -0.3 is 0 Å². The third kappa shape index (κ3) is 2.45. The predicted molar refractivity (Wildman–Crippen MR) is 75.0 cm³/mol. The molecule has 1 aromatic heterocycles. The topological polar surface area (TPSA) is 13.1 Å². The Morgan fingerprint density at radius 2 is 1.80 bits per heavy atom. The van der Waals surface area contributed by atoms with Crippen LogP contribution in [0.25, 0.3) is 0 Å². The summed E-state index contributed by atoms with van der Waals surface area (Å²) in [6.07, 6.45) is 0. The van der Waals surface area contributed by atoms with E-state index >= 15 is 0 Å². The molecule has 1 aromatic carbocycles. The van der Waals surface area contributed by atoms with Crippen LogP contribution in [0.1, 0.15) is 11.3 Å². The van der Waals surface area contributed by atoms with Gasteiger partial charge in [0.05, 0.1) is 0 Å². The molecule has 1 nitrogen and oxygen atoms in total. The Hall–Kier alpha value is -0.290. The number of aryl methyl sites for hydroxylation is 2. The molecule has 0 saturated carbocycles.